The molecule has 1 heterocycles. The fourth-order valence-corrected chi connectivity index (χ4v) is 3.27. The smallest absolute Gasteiger partial charge is 0.143 e. The highest BCUT2D eigenvalue weighted by molar-refractivity contribution is 7.07. The number of ether oxygens (including phenoxy) is 1. The molecule has 3 rings (SSSR count). The summed E-state index contributed by atoms with van der Waals surface area (Å²) in [6.07, 6.45) is 0.896. The fourth-order valence-electron chi connectivity index (χ4n) is 2.67. The maximum Gasteiger partial charge on any atom is 0.143 e. The van der Waals surface area contributed by atoms with Gasteiger partial charge >= 0.3 is 0 Å². The Hall–Kier alpha value is -1.91. The quantitative estimate of drug-likeness (QED) is 0.658. The van der Waals surface area contributed by atoms with Gasteiger partial charge in [0.1, 0.15) is 11.9 Å². The second-order valence-corrected chi connectivity index (χ2v) is 6.76. The molecule has 4 heteroatoms. The number of hydrogen-bond acceptors (Lipinski definition) is 4. The summed E-state index contributed by atoms with van der Waals surface area (Å²) in [5, 5.41) is 4.45. The molecule has 120 valence electrons. The Labute approximate surface area is 141 Å². The van der Waals surface area contributed by atoms with Gasteiger partial charge in [-0.2, -0.15) is 0 Å². The number of hydrogen-bond donors (Lipinski definition) is 0. The molecule has 0 saturated carbocycles. The first kappa shape index (κ1) is 16.0. The molecule has 2 aromatic carbocycles. The zero-order chi connectivity index (χ0) is 16.2. The Morgan fingerprint density at radius 1 is 1.17 bits per heavy atom. The first-order valence-corrected chi connectivity index (χ1v) is 8.77. The molecular formula is C19H22N2OS. The molecular weight excluding hydrogens is 304 g/mol. The van der Waals surface area contributed by atoms with E-state index in [9.17, 15) is 0 Å². The molecule has 0 aliphatic carbocycles. The highest BCUT2D eigenvalue weighted by atomic mass is 32.1. The molecule has 3 aromatic rings. The molecule has 0 N–H and O–H groups in total. The number of rotatable bonds is 6. The van der Waals surface area contributed by atoms with Crippen molar-refractivity contribution in [3.05, 3.63) is 58.5 Å². The summed E-state index contributed by atoms with van der Waals surface area (Å²) in [7, 11) is 4.17. The lowest BCUT2D eigenvalue weighted by molar-refractivity contribution is 0.177. The summed E-state index contributed by atoms with van der Waals surface area (Å²) < 4.78 is 6.47. The van der Waals surface area contributed by atoms with Crippen LogP contribution in [0.4, 0.5) is 0 Å². The van der Waals surface area contributed by atoms with E-state index >= 15 is 0 Å². The van der Waals surface area contributed by atoms with Crippen molar-refractivity contribution in [2.24, 2.45) is 0 Å². The van der Waals surface area contributed by atoms with Crippen LogP contribution in [0.3, 0.4) is 0 Å². The van der Waals surface area contributed by atoms with Crippen LogP contribution in [0.25, 0.3) is 10.8 Å². The van der Waals surface area contributed by atoms with Crippen LogP contribution in [-0.4, -0.2) is 30.5 Å². The van der Waals surface area contributed by atoms with Gasteiger partial charge in [-0.15, -0.1) is 11.3 Å². The topological polar surface area (TPSA) is 25.4 Å². The molecule has 0 aliphatic heterocycles. The van der Waals surface area contributed by atoms with E-state index in [0.29, 0.717) is 0 Å². The van der Waals surface area contributed by atoms with Crippen LogP contribution < -0.4 is 4.74 Å². The maximum absolute atomic E-state index is 6.47. The Bertz CT molecular complexity index is 768. The third-order valence-electron chi connectivity index (χ3n) is 3.96. The van der Waals surface area contributed by atoms with E-state index in [1.54, 1.807) is 11.3 Å². The summed E-state index contributed by atoms with van der Waals surface area (Å²) in [5.41, 5.74) is 4.05. The third-order valence-corrected chi connectivity index (χ3v) is 4.56. The van der Waals surface area contributed by atoms with Crippen molar-refractivity contribution >= 4 is 22.1 Å². The summed E-state index contributed by atoms with van der Waals surface area (Å²) in [5.74, 6) is 0.972. The largest absolute Gasteiger partial charge is 0.483 e. The van der Waals surface area contributed by atoms with Crippen LogP contribution in [0.2, 0.25) is 0 Å². The van der Waals surface area contributed by atoms with Gasteiger partial charge in [0.05, 0.1) is 11.2 Å². The molecule has 0 radical (unpaired) electrons. The molecule has 0 amide bonds. The molecule has 3 nitrogen and oxygen atoms in total. The Morgan fingerprint density at radius 3 is 2.74 bits per heavy atom. The molecule has 23 heavy (non-hydrogen) atoms. The molecule has 0 spiro atoms. The van der Waals surface area contributed by atoms with E-state index < -0.39 is 0 Å². The summed E-state index contributed by atoms with van der Waals surface area (Å²) in [4.78, 5) is 6.65. The van der Waals surface area contributed by atoms with E-state index in [1.807, 2.05) is 5.51 Å². The second kappa shape index (κ2) is 7.11. The van der Waals surface area contributed by atoms with Crippen molar-refractivity contribution in [1.29, 1.82) is 0 Å². The minimum absolute atomic E-state index is 0.0202. The van der Waals surface area contributed by atoms with Gasteiger partial charge < -0.3 is 9.64 Å². The maximum atomic E-state index is 6.47. The van der Waals surface area contributed by atoms with Gasteiger partial charge in [-0.25, -0.2) is 4.98 Å². The predicted octanol–water partition coefficient (Wildman–Crippen LogP) is 4.68. The van der Waals surface area contributed by atoms with E-state index in [1.165, 1.54) is 5.39 Å². The lowest BCUT2D eigenvalue weighted by atomic mass is 10.1. The number of thiazole rings is 1. The SMILES string of the molecule is Cc1ccc2ccccc2c1OC(CCN(C)C)c1cscn1. The third kappa shape index (κ3) is 3.71. The molecule has 0 saturated heterocycles. The lowest BCUT2D eigenvalue weighted by Gasteiger charge is -2.22. The molecule has 0 bridgehead atoms. The minimum Gasteiger partial charge on any atom is -0.483 e. The fraction of sp³-hybridized carbons (Fsp3) is 0.316. The number of nitrogens with zero attached hydrogens (tertiary/aromatic N) is 2. The van der Waals surface area contributed by atoms with Crippen LogP contribution in [0, 0.1) is 6.92 Å². The average molecular weight is 326 g/mol. The van der Waals surface area contributed by atoms with Gasteiger partial charge in [-0.1, -0.05) is 36.4 Å². The Morgan fingerprint density at radius 2 is 2.00 bits per heavy atom. The van der Waals surface area contributed by atoms with Crippen LogP contribution >= 0.6 is 11.3 Å². The zero-order valence-electron chi connectivity index (χ0n) is 13.8. The van der Waals surface area contributed by atoms with E-state index in [2.05, 4.69) is 72.7 Å². The van der Waals surface area contributed by atoms with Crippen LogP contribution in [0.15, 0.2) is 47.3 Å². The Kier molecular flexibility index (Phi) is 4.94. The van der Waals surface area contributed by atoms with Crippen LogP contribution in [0.5, 0.6) is 5.75 Å². The van der Waals surface area contributed by atoms with Crippen molar-refractivity contribution < 1.29 is 4.74 Å². The van der Waals surface area contributed by atoms with E-state index in [0.717, 1.165) is 35.4 Å². The van der Waals surface area contributed by atoms with Gasteiger partial charge in [0, 0.05) is 23.7 Å². The molecule has 0 aliphatic rings. The first-order valence-electron chi connectivity index (χ1n) is 7.83. The predicted molar refractivity (Wildman–Crippen MR) is 97.3 cm³/mol. The highest BCUT2D eigenvalue weighted by Gasteiger charge is 2.18. The monoisotopic (exact) mass is 326 g/mol. The van der Waals surface area contributed by atoms with Gasteiger partial charge in [-0.05, 0) is 32.0 Å². The number of fused-ring (bicyclic) bond motifs is 1. The number of aryl methyl sites for hydroxylation is 1. The Balaban J connectivity index is 1.95. The highest BCUT2D eigenvalue weighted by Crippen LogP contribution is 2.34. The number of aromatic nitrogens is 1. The van der Waals surface area contributed by atoms with E-state index in [4.69, 9.17) is 4.74 Å². The van der Waals surface area contributed by atoms with Gasteiger partial charge in [0.15, 0.2) is 0 Å². The van der Waals surface area contributed by atoms with Crippen LogP contribution in [0.1, 0.15) is 23.8 Å². The normalized spacial score (nSPS) is 12.7. The van der Waals surface area contributed by atoms with Crippen molar-refractivity contribution in [2.75, 3.05) is 20.6 Å². The summed E-state index contributed by atoms with van der Waals surface area (Å²) in [6.45, 7) is 3.07. The number of benzene rings is 2. The lowest BCUT2D eigenvalue weighted by Crippen LogP contribution is -2.19. The minimum atomic E-state index is -0.0202. The molecule has 1 atom stereocenters. The molecule has 1 aromatic heterocycles. The summed E-state index contributed by atoms with van der Waals surface area (Å²) >= 11 is 1.62. The van der Waals surface area contributed by atoms with Crippen molar-refractivity contribution in [3.8, 4) is 5.75 Å². The summed E-state index contributed by atoms with van der Waals surface area (Å²) in [6, 6.07) is 12.6. The molecule has 1 unspecified atom stereocenters. The zero-order valence-corrected chi connectivity index (χ0v) is 14.6. The first-order chi connectivity index (χ1) is 11.1. The van der Waals surface area contributed by atoms with Gasteiger partial charge in [0.2, 0.25) is 0 Å². The van der Waals surface area contributed by atoms with E-state index in [-0.39, 0.29) is 6.10 Å². The van der Waals surface area contributed by atoms with Gasteiger partial charge in [0.25, 0.3) is 0 Å². The average Bonchev–Trinajstić information content (AvgIpc) is 3.07. The van der Waals surface area contributed by atoms with Crippen molar-refractivity contribution in [1.82, 2.24) is 9.88 Å². The van der Waals surface area contributed by atoms with Crippen LogP contribution in [-0.2, 0) is 0 Å². The van der Waals surface area contributed by atoms with Gasteiger partial charge in [-0.3, -0.25) is 0 Å². The second-order valence-electron chi connectivity index (χ2n) is 6.04. The standard InChI is InChI=1S/C19H22N2OS/c1-14-8-9-15-6-4-5-7-16(15)19(14)22-18(10-11-21(2)3)17-12-23-13-20-17/h4-9,12-13,18H,10-11H2,1-3H3. The molecule has 0 fully saturated rings. The van der Waals surface area contributed by atoms with Crippen molar-refractivity contribution in [2.45, 2.75) is 19.4 Å². The van der Waals surface area contributed by atoms with Crippen molar-refractivity contribution in [3.63, 3.8) is 0 Å².